The van der Waals surface area contributed by atoms with Gasteiger partial charge in [-0.05, 0) is 53.6 Å². The van der Waals surface area contributed by atoms with Gasteiger partial charge in [0.15, 0.2) is 0 Å². The molecule has 0 aromatic rings. The molecule has 3 N–H and O–H groups in total. The van der Waals surface area contributed by atoms with Gasteiger partial charge in [0.2, 0.25) is 5.91 Å². The fraction of sp³-hybridized carbons (Fsp3) is 0.923. The second-order valence-electron chi connectivity index (χ2n) is 5.59. The van der Waals surface area contributed by atoms with E-state index in [9.17, 15) is 4.79 Å². The van der Waals surface area contributed by atoms with E-state index in [-0.39, 0.29) is 17.5 Å². The second kappa shape index (κ2) is 7.67. The van der Waals surface area contributed by atoms with Gasteiger partial charge in [0, 0.05) is 12.1 Å². The van der Waals surface area contributed by atoms with E-state index in [2.05, 4.69) is 17.1 Å². The molecule has 102 valence electrons. The molecule has 0 aliphatic heterocycles. The van der Waals surface area contributed by atoms with Crippen LogP contribution in [0, 0.1) is 0 Å². The van der Waals surface area contributed by atoms with Gasteiger partial charge in [0.05, 0.1) is 6.04 Å². The van der Waals surface area contributed by atoms with Crippen LogP contribution in [0.15, 0.2) is 0 Å². The van der Waals surface area contributed by atoms with E-state index in [0.717, 1.165) is 25.9 Å². The molecule has 0 bridgehead atoms. The quantitative estimate of drug-likeness (QED) is 0.709. The van der Waals surface area contributed by atoms with Crippen molar-refractivity contribution in [3.8, 4) is 0 Å². The van der Waals surface area contributed by atoms with Crippen LogP contribution in [0.4, 0.5) is 0 Å². The molecule has 0 aromatic carbocycles. The maximum absolute atomic E-state index is 12.1. The summed E-state index contributed by atoms with van der Waals surface area (Å²) >= 11 is 0. The van der Waals surface area contributed by atoms with Crippen LogP contribution in [-0.4, -0.2) is 42.0 Å². The van der Waals surface area contributed by atoms with Crippen LogP contribution in [0.1, 0.15) is 47.5 Å². The van der Waals surface area contributed by atoms with Crippen molar-refractivity contribution in [3.63, 3.8) is 0 Å². The molecule has 0 heterocycles. The van der Waals surface area contributed by atoms with Crippen LogP contribution in [0.3, 0.4) is 0 Å². The maximum Gasteiger partial charge on any atom is 0.237 e. The van der Waals surface area contributed by atoms with Gasteiger partial charge in [-0.3, -0.25) is 9.69 Å². The molecule has 4 nitrogen and oxygen atoms in total. The van der Waals surface area contributed by atoms with Gasteiger partial charge < -0.3 is 11.1 Å². The molecule has 0 aliphatic rings. The van der Waals surface area contributed by atoms with Crippen molar-refractivity contribution >= 4 is 5.91 Å². The highest BCUT2D eigenvalue weighted by Crippen LogP contribution is 2.05. The van der Waals surface area contributed by atoms with E-state index >= 15 is 0 Å². The molecule has 0 aliphatic carbocycles. The fourth-order valence-corrected chi connectivity index (χ4v) is 1.72. The first-order valence-electron chi connectivity index (χ1n) is 6.58. The summed E-state index contributed by atoms with van der Waals surface area (Å²) in [6.07, 6.45) is 1.99. The summed E-state index contributed by atoms with van der Waals surface area (Å²) in [7, 11) is 0. The lowest BCUT2D eigenvalue weighted by Gasteiger charge is -2.30. The van der Waals surface area contributed by atoms with E-state index in [4.69, 9.17) is 5.73 Å². The zero-order valence-corrected chi connectivity index (χ0v) is 12.0. The Morgan fingerprint density at radius 1 is 1.35 bits per heavy atom. The summed E-state index contributed by atoms with van der Waals surface area (Å²) in [5, 5.41) is 3.02. The van der Waals surface area contributed by atoms with Crippen molar-refractivity contribution in [2.45, 2.75) is 59.0 Å². The molecule has 1 atom stereocenters. The van der Waals surface area contributed by atoms with Crippen LogP contribution < -0.4 is 11.1 Å². The van der Waals surface area contributed by atoms with Gasteiger partial charge >= 0.3 is 0 Å². The van der Waals surface area contributed by atoms with Crippen LogP contribution in [0.25, 0.3) is 0 Å². The molecule has 0 aromatic heterocycles. The lowest BCUT2D eigenvalue weighted by molar-refractivity contribution is -0.127. The smallest absolute Gasteiger partial charge is 0.237 e. The molecule has 4 heteroatoms. The van der Waals surface area contributed by atoms with Gasteiger partial charge in [-0.1, -0.05) is 6.92 Å². The van der Waals surface area contributed by atoms with Crippen LogP contribution in [0.5, 0.6) is 0 Å². The summed E-state index contributed by atoms with van der Waals surface area (Å²) in [5.41, 5.74) is 5.35. The molecule has 0 saturated heterocycles. The Kier molecular flexibility index (Phi) is 7.39. The monoisotopic (exact) mass is 243 g/mol. The Balaban J connectivity index is 4.37. The molecule has 17 heavy (non-hydrogen) atoms. The molecule has 0 radical (unpaired) electrons. The number of rotatable bonds is 7. The zero-order valence-electron chi connectivity index (χ0n) is 12.0. The fourth-order valence-electron chi connectivity index (χ4n) is 1.72. The summed E-state index contributed by atoms with van der Waals surface area (Å²) in [4.78, 5) is 14.3. The standard InChI is InChI=1S/C13H29N3O/c1-6-9-16(10-7-8-14)11(2)12(17)15-13(3,4)5/h11H,6-10,14H2,1-5H3,(H,15,17). The van der Waals surface area contributed by atoms with E-state index in [1.54, 1.807) is 0 Å². The Bertz CT molecular complexity index is 223. The summed E-state index contributed by atoms with van der Waals surface area (Å²) in [5.74, 6) is 0.1000. The lowest BCUT2D eigenvalue weighted by Crippen LogP contribution is -2.51. The predicted molar refractivity (Wildman–Crippen MR) is 72.9 cm³/mol. The highest BCUT2D eigenvalue weighted by molar-refractivity contribution is 5.81. The number of hydrogen-bond acceptors (Lipinski definition) is 3. The molecular formula is C13H29N3O. The Hall–Kier alpha value is -0.610. The highest BCUT2D eigenvalue weighted by atomic mass is 16.2. The van der Waals surface area contributed by atoms with Crippen molar-refractivity contribution in [2.24, 2.45) is 5.73 Å². The average Bonchev–Trinajstić information content (AvgIpc) is 2.20. The first kappa shape index (κ1) is 16.4. The maximum atomic E-state index is 12.1. The first-order chi connectivity index (χ1) is 7.81. The number of amides is 1. The van der Waals surface area contributed by atoms with Crippen molar-refractivity contribution < 1.29 is 4.79 Å². The number of nitrogens with one attached hydrogen (secondary N) is 1. The highest BCUT2D eigenvalue weighted by Gasteiger charge is 2.23. The van der Waals surface area contributed by atoms with Crippen LogP contribution in [-0.2, 0) is 4.79 Å². The molecule has 0 rings (SSSR count). The lowest BCUT2D eigenvalue weighted by atomic mass is 10.1. The number of carbonyl (C=O) groups excluding carboxylic acids is 1. The minimum Gasteiger partial charge on any atom is -0.350 e. The van der Waals surface area contributed by atoms with Gasteiger partial charge in [-0.15, -0.1) is 0 Å². The predicted octanol–water partition coefficient (Wildman–Crippen LogP) is 1.35. The Labute approximate surface area is 106 Å². The summed E-state index contributed by atoms with van der Waals surface area (Å²) in [6.45, 7) is 12.6. The third-order valence-electron chi connectivity index (χ3n) is 2.59. The van der Waals surface area contributed by atoms with E-state index in [0.29, 0.717) is 6.54 Å². The summed E-state index contributed by atoms with van der Waals surface area (Å²) < 4.78 is 0. The number of carbonyl (C=O) groups is 1. The first-order valence-corrected chi connectivity index (χ1v) is 6.58. The minimum absolute atomic E-state index is 0.0827. The average molecular weight is 243 g/mol. The molecule has 0 fully saturated rings. The van der Waals surface area contributed by atoms with Gasteiger partial charge in [-0.2, -0.15) is 0 Å². The summed E-state index contributed by atoms with van der Waals surface area (Å²) in [6, 6.07) is -0.0827. The van der Waals surface area contributed by atoms with Crippen molar-refractivity contribution in [1.82, 2.24) is 10.2 Å². The van der Waals surface area contributed by atoms with Crippen molar-refractivity contribution in [3.05, 3.63) is 0 Å². The number of hydrogen-bond donors (Lipinski definition) is 2. The van der Waals surface area contributed by atoms with Crippen molar-refractivity contribution in [1.29, 1.82) is 0 Å². The Morgan fingerprint density at radius 2 is 1.94 bits per heavy atom. The van der Waals surface area contributed by atoms with Gasteiger partial charge in [0.1, 0.15) is 0 Å². The number of nitrogens with two attached hydrogens (primary N) is 1. The van der Waals surface area contributed by atoms with Crippen LogP contribution >= 0.6 is 0 Å². The molecule has 0 spiro atoms. The SMILES string of the molecule is CCCN(CCCN)C(C)C(=O)NC(C)(C)C. The minimum atomic E-state index is -0.170. The van der Waals surface area contributed by atoms with E-state index in [1.807, 2.05) is 27.7 Å². The number of nitrogens with zero attached hydrogens (tertiary/aromatic N) is 1. The Morgan fingerprint density at radius 3 is 2.35 bits per heavy atom. The normalized spacial score (nSPS) is 13.8. The van der Waals surface area contributed by atoms with E-state index < -0.39 is 0 Å². The molecular weight excluding hydrogens is 214 g/mol. The molecule has 1 amide bonds. The topological polar surface area (TPSA) is 58.4 Å². The van der Waals surface area contributed by atoms with Gasteiger partial charge in [-0.25, -0.2) is 0 Å². The van der Waals surface area contributed by atoms with E-state index in [1.165, 1.54) is 0 Å². The second-order valence-corrected chi connectivity index (χ2v) is 5.59. The van der Waals surface area contributed by atoms with Crippen molar-refractivity contribution in [2.75, 3.05) is 19.6 Å². The third-order valence-corrected chi connectivity index (χ3v) is 2.59. The zero-order chi connectivity index (χ0) is 13.5. The third kappa shape index (κ3) is 7.34. The molecule has 1 unspecified atom stereocenters. The molecule has 0 saturated carbocycles. The van der Waals surface area contributed by atoms with Gasteiger partial charge in [0.25, 0.3) is 0 Å². The van der Waals surface area contributed by atoms with Crippen LogP contribution in [0.2, 0.25) is 0 Å². The largest absolute Gasteiger partial charge is 0.350 e.